The molecule has 3 rings (SSSR count). The zero-order chi connectivity index (χ0) is 16.1. The number of hydrogen-bond acceptors (Lipinski definition) is 4. The van der Waals surface area contributed by atoms with E-state index < -0.39 is 0 Å². The maximum absolute atomic E-state index is 12.6. The zero-order valence-electron chi connectivity index (χ0n) is 13.3. The summed E-state index contributed by atoms with van der Waals surface area (Å²) in [4.78, 5) is 19.1. The van der Waals surface area contributed by atoms with Gasteiger partial charge in [-0.05, 0) is 30.2 Å². The van der Waals surface area contributed by atoms with Gasteiger partial charge in [-0.1, -0.05) is 24.3 Å². The third-order valence-electron chi connectivity index (χ3n) is 4.04. The van der Waals surface area contributed by atoms with E-state index in [9.17, 15) is 4.79 Å². The maximum atomic E-state index is 12.6. The number of aromatic nitrogens is 1. The first-order valence-corrected chi connectivity index (χ1v) is 7.86. The molecule has 1 aromatic heterocycles. The number of aryl methyl sites for hydroxylation is 1. The van der Waals surface area contributed by atoms with Crippen molar-refractivity contribution >= 4 is 11.7 Å². The summed E-state index contributed by atoms with van der Waals surface area (Å²) in [5, 5.41) is 3.00. The number of rotatable bonds is 4. The minimum Gasteiger partial charge on any atom is -0.378 e. The Kier molecular flexibility index (Phi) is 4.88. The third-order valence-corrected chi connectivity index (χ3v) is 4.04. The van der Waals surface area contributed by atoms with Crippen LogP contribution < -0.4 is 10.2 Å². The van der Waals surface area contributed by atoms with Crippen molar-refractivity contribution in [2.75, 3.05) is 31.2 Å². The first kappa shape index (κ1) is 15.5. The molecule has 0 unspecified atom stereocenters. The third kappa shape index (κ3) is 3.68. The molecule has 1 fully saturated rings. The van der Waals surface area contributed by atoms with E-state index in [0.717, 1.165) is 24.5 Å². The van der Waals surface area contributed by atoms with Crippen LogP contribution in [-0.4, -0.2) is 37.2 Å². The number of benzene rings is 1. The number of pyridine rings is 1. The SMILES string of the molecule is Cc1ccccc1CNC(=O)c1cccnc1N1CCOCC1. The molecule has 1 aliphatic heterocycles. The first-order valence-electron chi connectivity index (χ1n) is 7.86. The predicted molar refractivity (Wildman–Crippen MR) is 89.6 cm³/mol. The fourth-order valence-electron chi connectivity index (χ4n) is 2.68. The standard InChI is InChI=1S/C18H21N3O2/c1-14-5-2-3-6-15(14)13-20-18(22)16-7-4-8-19-17(16)21-9-11-23-12-10-21/h2-8H,9-13H2,1H3,(H,20,22). The molecule has 23 heavy (non-hydrogen) atoms. The Hall–Kier alpha value is -2.40. The van der Waals surface area contributed by atoms with Crippen molar-refractivity contribution in [1.29, 1.82) is 0 Å². The highest BCUT2D eigenvalue weighted by Gasteiger charge is 2.19. The van der Waals surface area contributed by atoms with Crippen LogP contribution in [0, 0.1) is 6.92 Å². The summed E-state index contributed by atoms with van der Waals surface area (Å²) in [5.74, 6) is 0.640. The highest BCUT2D eigenvalue weighted by molar-refractivity contribution is 5.98. The summed E-state index contributed by atoms with van der Waals surface area (Å²) < 4.78 is 5.37. The molecule has 0 aliphatic carbocycles. The monoisotopic (exact) mass is 311 g/mol. The van der Waals surface area contributed by atoms with Crippen molar-refractivity contribution in [2.45, 2.75) is 13.5 Å². The maximum Gasteiger partial charge on any atom is 0.255 e. The number of nitrogens with one attached hydrogen (secondary N) is 1. The lowest BCUT2D eigenvalue weighted by molar-refractivity contribution is 0.0949. The van der Waals surface area contributed by atoms with Gasteiger partial charge in [0.05, 0.1) is 18.8 Å². The lowest BCUT2D eigenvalue weighted by Crippen LogP contribution is -2.38. The van der Waals surface area contributed by atoms with Gasteiger partial charge in [0.15, 0.2) is 0 Å². The van der Waals surface area contributed by atoms with E-state index in [1.165, 1.54) is 5.56 Å². The lowest BCUT2D eigenvalue weighted by atomic mass is 10.1. The minimum absolute atomic E-state index is 0.0946. The van der Waals surface area contributed by atoms with Crippen molar-refractivity contribution in [3.05, 3.63) is 59.3 Å². The zero-order valence-corrected chi connectivity index (χ0v) is 13.3. The summed E-state index contributed by atoms with van der Waals surface area (Å²) in [6, 6.07) is 11.7. The van der Waals surface area contributed by atoms with Crippen LogP contribution in [0.25, 0.3) is 0 Å². The smallest absolute Gasteiger partial charge is 0.255 e. The highest BCUT2D eigenvalue weighted by Crippen LogP contribution is 2.18. The summed E-state index contributed by atoms with van der Waals surface area (Å²) in [5.41, 5.74) is 2.91. The van der Waals surface area contributed by atoms with Crippen LogP contribution in [0.3, 0.4) is 0 Å². The second-order valence-corrected chi connectivity index (χ2v) is 5.58. The van der Waals surface area contributed by atoms with Crippen molar-refractivity contribution in [1.82, 2.24) is 10.3 Å². The number of carbonyl (C=O) groups is 1. The average molecular weight is 311 g/mol. The number of anilines is 1. The molecule has 5 nitrogen and oxygen atoms in total. The average Bonchev–Trinajstić information content (AvgIpc) is 2.61. The van der Waals surface area contributed by atoms with Crippen LogP contribution in [0.15, 0.2) is 42.6 Å². The summed E-state index contributed by atoms with van der Waals surface area (Å²) >= 11 is 0. The van der Waals surface area contributed by atoms with E-state index in [4.69, 9.17) is 4.74 Å². The van der Waals surface area contributed by atoms with Crippen LogP contribution in [0.4, 0.5) is 5.82 Å². The van der Waals surface area contributed by atoms with E-state index >= 15 is 0 Å². The predicted octanol–water partition coefficient (Wildman–Crippen LogP) is 2.16. The topological polar surface area (TPSA) is 54.5 Å². The normalized spacial score (nSPS) is 14.6. The Bertz CT molecular complexity index is 681. The van der Waals surface area contributed by atoms with Crippen molar-refractivity contribution < 1.29 is 9.53 Å². The molecule has 120 valence electrons. The fraction of sp³-hybridized carbons (Fsp3) is 0.333. The van der Waals surface area contributed by atoms with Gasteiger partial charge >= 0.3 is 0 Å². The molecule has 2 heterocycles. The molecule has 0 atom stereocenters. The van der Waals surface area contributed by atoms with E-state index in [2.05, 4.69) is 15.2 Å². The van der Waals surface area contributed by atoms with E-state index in [1.54, 1.807) is 12.3 Å². The Morgan fingerprint density at radius 3 is 2.78 bits per heavy atom. The Balaban J connectivity index is 1.73. The van der Waals surface area contributed by atoms with Gasteiger partial charge in [0.25, 0.3) is 5.91 Å². The second kappa shape index (κ2) is 7.24. The number of nitrogens with zero attached hydrogens (tertiary/aromatic N) is 2. The molecule has 5 heteroatoms. The summed E-state index contributed by atoms with van der Waals surface area (Å²) in [6.07, 6.45) is 1.73. The Morgan fingerprint density at radius 1 is 1.22 bits per heavy atom. The van der Waals surface area contributed by atoms with Gasteiger partial charge < -0.3 is 15.0 Å². The quantitative estimate of drug-likeness (QED) is 0.940. The van der Waals surface area contributed by atoms with Gasteiger partial charge in [-0.2, -0.15) is 0 Å². The fourth-order valence-corrected chi connectivity index (χ4v) is 2.68. The molecule has 0 bridgehead atoms. The van der Waals surface area contributed by atoms with Gasteiger partial charge in [0.1, 0.15) is 5.82 Å². The van der Waals surface area contributed by atoms with Crippen LogP contribution in [0.5, 0.6) is 0 Å². The van der Waals surface area contributed by atoms with Crippen molar-refractivity contribution in [3.63, 3.8) is 0 Å². The van der Waals surface area contributed by atoms with Gasteiger partial charge in [-0.15, -0.1) is 0 Å². The summed E-state index contributed by atoms with van der Waals surface area (Å²) in [7, 11) is 0. The van der Waals surface area contributed by atoms with Crippen LogP contribution in [0.1, 0.15) is 21.5 Å². The lowest BCUT2D eigenvalue weighted by Gasteiger charge is -2.29. The molecular formula is C18H21N3O2. The van der Waals surface area contributed by atoms with Gasteiger partial charge in [-0.25, -0.2) is 4.98 Å². The second-order valence-electron chi connectivity index (χ2n) is 5.58. The first-order chi connectivity index (χ1) is 11.3. The van der Waals surface area contributed by atoms with E-state index in [-0.39, 0.29) is 5.91 Å². The van der Waals surface area contributed by atoms with Crippen LogP contribution >= 0.6 is 0 Å². The molecule has 0 spiro atoms. The molecule has 0 saturated carbocycles. The Labute approximate surface area is 136 Å². The van der Waals surface area contributed by atoms with Crippen LogP contribution in [-0.2, 0) is 11.3 Å². The van der Waals surface area contributed by atoms with Gasteiger partial charge in [0, 0.05) is 25.8 Å². The minimum atomic E-state index is -0.0946. The molecule has 1 amide bonds. The molecular weight excluding hydrogens is 290 g/mol. The Morgan fingerprint density at radius 2 is 2.00 bits per heavy atom. The van der Waals surface area contributed by atoms with Gasteiger partial charge in [0.2, 0.25) is 0 Å². The largest absolute Gasteiger partial charge is 0.378 e. The van der Waals surface area contributed by atoms with Crippen molar-refractivity contribution in [3.8, 4) is 0 Å². The molecule has 1 aromatic carbocycles. The number of hydrogen-bond donors (Lipinski definition) is 1. The number of amides is 1. The molecule has 1 aliphatic rings. The molecule has 1 N–H and O–H groups in total. The van der Waals surface area contributed by atoms with E-state index in [0.29, 0.717) is 25.3 Å². The van der Waals surface area contributed by atoms with E-state index in [1.807, 2.05) is 37.3 Å². The number of ether oxygens (including phenoxy) is 1. The number of morpholine rings is 1. The molecule has 0 radical (unpaired) electrons. The molecule has 2 aromatic rings. The van der Waals surface area contributed by atoms with Crippen LogP contribution in [0.2, 0.25) is 0 Å². The highest BCUT2D eigenvalue weighted by atomic mass is 16.5. The summed E-state index contributed by atoms with van der Waals surface area (Å²) in [6.45, 7) is 5.42. The number of carbonyl (C=O) groups excluding carboxylic acids is 1. The van der Waals surface area contributed by atoms with Crippen molar-refractivity contribution in [2.24, 2.45) is 0 Å². The molecule has 1 saturated heterocycles. The van der Waals surface area contributed by atoms with Gasteiger partial charge in [-0.3, -0.25) is 4.79 Å².